The van der Waals surface area contributed by atoms with Crippen LogP contribution in [-0.2, 0) is 14.3 Å². The Morgan fingerprint density at radius 3 is 2.52 bits per heavy atom. The molecule has 0 unspecified atom stereocenters. The summed E-state index contributed by atoms with van der Waals surface area (Å²) < 4.78 is 5.03. The minimum Gasteiger partial charge on any atom is -0.452 e. The molecule has 0 radical (unpaired) electrons. The third kappa shape index (κ3) is 6.61. The lowest BCUT2D eigenvalue weighted by molar-refractivity contribution is -0.142. The Labute approximate surface area is 165 Å². The molecule has 1 atom stereocenters. The lowest BCUT2D eigenvalue weighted by atomic mass is 9.97. The van der Waals surface area contributed by atoms with Gasteiger partial charge in [-0.1, -0.05) is 44.2 Å². The molecule has 0 saturated heterocycles. The maximum Gasteiger partial charge on any atom is 0.331 e. The Morgan fingerprint density at radius 2 is 1.85 bits per heavy atom. The normalized spacial score (nSPS) is 12.0. The molecule has 0 aliphatic rings. The van der Waals surface area contributed by atoms with Gasteiger partial charge < -0.3 is 10.1 Å². The number of ether oxygens (including phenoxy) is 1. The summed E-state index contributed by atoms with van der Waals surface area (Å²) in [5.41, 5.74) is 2.74. The highest BCUT2D eigenvalue weighted by molar-refractivity contribution is 7.98. The highest BCUT2D eigenvalue weighted by Gasteiger charge is 2.12. The number of para-hydroxylation sites is 1. The molecule has 0 fully saturated rings. The van der Waals surface area contributed by atoms with Crippen molar-refractivity contribution in [1.82, 2.24) is 0 Å². The van der Waals surface area contributed by atoms with Gasteiger partial charge in [0, 0.05) is 16.7 Å². The fourth-order valence-electron chi connectivity index (χ4n) is 2.51. The van der Waals surface area contributed by atoms with Crippen LogP contribution in [0.5, 0.6) is 0 Å². The molecule has 0 bridgehead atoms. The summed E-state index contributed by atoms with van der Waals surface area (Å²) in [6.45, 7) is 3.90. The van der Waals surface area contributed by atoms with Gasteiger partial charge in [0.25, 0.3) is 5.91 Å². The van der Waals surface area contributed by atoms with Gasteiger partial charge in [0.05, 0.1) is 0 Å². The topological polar surface area (TPSA) is 55.4 Å². The number of benzene rings is 2. The van der Waals surface area contributed by atoms with E-state index in [-0.39, 0.29) is 12.5 Å². The maximum atomic E-state index is 12.1. The van der Waals surface area contributed by atoms with Gasteiger partial charge in [-0.25, -0.2) is 4.79 Å². The molecule has 0 spiro atoms. The molecule has 0 aliphatic heterocycles. The minimum absolute atomic E-state index is 0.316. The number of carbonyl (C=O) groups excluding carboxylic acids is 2. The van der Waals surface area contributed by atoms with Gasteiger partial charge in [-0.05, 0) is 54.0 Å². The second kappa shape index (κ2) is 10.6. The number of esters is 1. The van der Waals surface area contributed by atoms with Gasteiger partial charge >= 0.3 is 5.97 Å². The van der Waals surface area contributed by atoms with Crippen LogP contribution < -0.4 is 5.32 Å². The molecule has 0 aromatic heterocycles. The number of carbonyl (C=O) groups is 2. The summed E-state index contributed by atoms with van der Waals surface area (Å²) in [4.78, 5) is 25.1. The number of nitrogens with one attached hydrogen (secondary N) is 1. The van der Waals surface area contributed by atoms with Crippen LogP contribution in [0.4, 0.5) is 5.69 Å². The predicted molar refractivity (Wildman–Crippen MR) is 112 cm³/mol. The number of hydrogen-bond donors (Lipinski definition) is 1. The lowest BCUT2D eigenvalue weighted by Gasteiger charge is -2.15. The summed E-state index contributed by atoms with van der Waals surface area (Å²) in [7, 11) is 0. The fraction of sp³-hybridized carbons (Fsp3) is 0.273. The standard InChI is InChI=1S/C22H25NO3S/c1-4-16(2)19-7-5-6-8-20(19)23-21(24)15-26-22(25)14-11-17-9-12-18(27-3)13-10-17/h5-14,16H,4,15H2,1-3H3,(H,23,24)/b14-11+/t16-/m0/s1. The van der Waals surface area contributed by atoms with Gasteiger partial charge in [-0.3, -0.25) is 4.79 Å². The van der Waals surface area contributed by atoms with Gasteiger partial charge in [-0.15, -0.1) is 11.8 Å². The maximum absolute atomic E-state index is 12.1. The molecule has 0 aliphatic carbocycles. The zero-order chi connectivity index (χ0) is 19.6. The quantitative estimate of drug-likeness (QED) is 0.391. The number of amides is 1. The molecule has 2 aromatic carbocycles. The smallest absolute Gasteiger partial charge is 0.331 e. The first kappa shape index (κ1) is 20.8. The van der Waals surface area contributed by atoms with Crippen molar-refractivity contribution in [3.63, 3.8) is 0 Å². The Bertz CT molecular complexity index is 799. The van der Waals surface area contributed by atoms with E-state index < -0.39 is 5.97 Å². The molecule has 2 rings (SSSR count). The number of rotatable bonds is 8. The van der Waals surface area contributed by atoms with E-state index in [0.717, 1.165) is 28.1 Å². The zero-order valence-electron chi connectivity index (χ0n) is 15.9. The average Bonchev–Trinajstić information content (AvgIpc) is 2.71. The van der Waals surface area contributed by atoms with Crippen molar-refractivity contribution in [1.29, 1.82) is 0 Å². The van der Waals surface area contributed by atoms with Crippen molar-refractivity contribution in [2.75, 3.05) is 18.2 Å². The first-order valence-electron chi connectivity index (χ1n) is 8.91. The Kier molecular flexibility index (Phi) is 8.14. The zero-order valence-corrected chi connectivity index (χ0v) is 16.7. The minimum atomic E-state index is -0.547. The first-order chi connectivity index (χ1) is 13.0. The molecular weight excluding hydrogens is 358 g/mol. The molecule has 1 N–H and O–H groups in total. The third-order valence-corrected chi connectivity index (χ3v) is 4.99. The molecular formula is C22H25NO3S. The van der Waals surface area contributed by atoms with Crippen LogP contribution in [0, 0.1) is 0 Å². The van der Waals surface area contributed by atoms with Crippen LogP contribution in [0.2, 0.25) is 0 Å². The second-order valence-corrected chi connectivity index (χ2v) is 7.04. The van der Waals surface area contributed by atoms with E-state index in [2.05, 4.69) is 19.2 Å². The number of thioether (sulfide) groups is 1. The number of hydrogen-bond acceptors (Lipinski definition) is 4. The highest BCUT2D eigenvalue weighted by atomic mass is 32.2. The van der Waals surface area contributed by atoms with Crippen molar-refractivity contribution >= 4 is 35.4 Å². The molecule has 4 nitrogen and oxygen atoms in total. The van der Waals surface area contributed by atoms with E-state index >= 15 is 0 Å². The average molecular weight is 384 g/mol. The van der Waals surface area contributed by atoms with Gasteiger partial charge in [0.2, 0.25) is 0 Å². The predicted octanol–water partition coefficient (Wildman–Crippen LogP) is 5.12. The summed E-state index contributed by atoms with van der Waals surface area (Å²) in [6, 6.07) is 15.5. The SMILES string of the molecule is CC[C@H](C)c1ccccc1NC(=O)COC(=O)/C=C/c1ccc(SC)cc1. The van der Waals surface area contributed by atoms with E-state index in [9.17, 15) is 9.59 Å². The van der Waals surface area contributed by atoms with E-state index in [4.69, 9.17) is 4.74 Å². The van der Waals surface area contributed by atoms with Crippen LogP contribution in [0.1, 0.15) is 37.3 Å². The summed E-state index contributed by atoms with van der Waals surface area (Å²) in [6.07, 6.45) is 5.98. The fourth-order valence-corrected chi connectivity index (χ4v) is 2.92. The number of anilines is 1. The van der Waals surface area contributed by atoms with Crippen LogP contribution in [0.3, 0.4) is 0 Å². The van der Waals surface area contributed by atoms with Gasteiger partial charge in [0.1, 0.15) is 0 Å². The van der Waals surface area contributed by atoms with Crippen molar-refractivity contribution in [2.45, 2.75) is 31.1 Å². The highest BCUT2D eigenvalue weighted by Crippen LogP contribution is 2.26. The first-order valence-corrected chi connectivity index (χ1v) is 10.1. The van der Waals surface area contributed by atoms with Crippen LogP contribution in [0.25, 0.3) is 6.08 Å². The van der Waals surface area contributed by atoms with Crippen LogP contribution in [0.15, 0.2) is 59.5 Å². The third-order valence-electron chi connectivity index (χ3n) is 4.25. The second-order valence-electron chi connectivity index (χ2n) is 6.16. The molecule has 0 heterocycles. The van der Waals surface area contributed by atoms with Crippen molar-refractivity contribution < 1.29 is 14.3 Å². The molecule has 1 amide bonds. The molecule has 2 aromatic rings. The van der Waals surface area contributed by atoms with Gasteiger partial charge in [0.15, 0.2) is 6.61 Å². The molecule has 5 heteroatoms. The summed E-state index contributed by atoms with van der Waals surface area (Å²) in [5.74, 6) is -0.560. The van der Waals surface area contributed by atoms with Crippen LogP contribution >= 0.6 is 11.8 Å². The Morgan fingerprint density at radius 1 is 1.15 bits per heavy atom. The molecule has 27 heavy (non-hydrogen) atoms. The van der Waals surface area contributed by atoms with Crippen LogP contribution in [-0.4, -0.2) is 24.7 Å². The van der Waals surface area contributed by atoms with E-state index in [1.54, 1.807) is 17.8 Å². The van der Waals surface area contributed by atoms with Crippen molar-refractivity contribution in [2.24, 2.45) is 0 Å². The summed E-state index contributed by atoms with van der Waals surface area (Å²) >= 11 is 1.66. The van der Waals surface area contributed by atoms with E-state index in [1.165, 1.54) is 6.08 Å². The van der Waals surface area contributed by atoms with Gasteiger partial charge in [-0.2, -0.15) is 0 Å². The largest absolute Gasteiger partial charge is 0.452 e. The summed E-state index contributed by atoms with van der Waals surface area (Å²) in [5, 5.41) is 2.82. The van der Waals surface area contributed by atoms with Crippen molar-refractivity contribution in [3.8, 4) is 0 Å². The Hall–Kier alpha value is -2.53. The Balaban J connectivity index is 1.86. The van der Waals surface area contributed by atoms with E-state index in [0.29, 0.717) is 5.92 Å². The van der Waals surface area contributed by atoms with Crippen molar-refractivity contribution in [3.05, 3.63) is 65.7 Å². The monoisotopic (exact) mass is 383 g/mol. The molecule has 142 valence electrons. The molecule has 0 saturated carbocycles. The lowest BCUT2D eigenvalue weighted by Crippen LogP contribution is -2.21. The van der Waals surface area contributed by atoms with E-state index in [1.807, 2.05) is 54.8 Å².